The average Bonchev–Trinajstić information content (AvgIpc) is 3.65. The average molecular weight is 624 g/mol. The van der Waals surface area contributed by atoms with Crippen LogP contribution in [0.15, 0.2) is 41.2 Å². The van der Waals surface area contributed by atoms with Gasteiger partial charge in [0, 0.05) is 40.5 Å². The van der Waals surface area contributed by atoms with Crippen molar-refractivity contribution in [2.45, 2.75) is 69.3 Å². The number of cyclic esters (lactones) is 1. The molecule has 0 spiro atoms. The van der Waals surface area contributed by atoms with E-state index in [0.29, 0.717) is 35.0 Å². The van der Waals surface area contributed by atoms with Gasteiger partial charge in [-0.25, -0.2) is 9.59 Å². The third kappa shape index (κ3) is 5.86. The molecule has 1 amide bonds. The molecule has 0 aliphatic carbocycles. The summed E-state index contributed by atoms with van der Waals surface area (Å²) in [6, 6.07) is 11.4. The van der Waals surface area contributed by atoms with Crippen molar-refractivity contribution >= 4 is 50.5 Å². The van der Waals surface area contributed by atoms with Crippen molar-refractivity contribution in [3.8, 4) is 5.69 Å². The summed E-state index contributed by atoms with van der Waals surface area (Å²) >= 11 is 0. The number of carbonyl (C=O) groups excluding carboxylic acids is 3. The highest BCUT2D eigenvalue weighted by atomic mass is 33.1. The number of fused-ring (bicyclic) bond motifs is 5. The molecule has 2 aromatic heterocycles. The summed E-state index contributed by atoms with van der Waals surface area (Å²) < 4.78 is 18.0. The number of unbranched alkanes of at least 4 members (excludes halogenated alkanes) is 1. The van der Waals surface area contributed by atoms with Crippen LogP contribution in [-0.4, -0.2) is 51.7 Å². The van der Waals surface area contributed by atoms with Crippen LogP contribution in [0.25, 0.3) is 16.6 Å². The number of hydrogen-bond donors (Lipinski definition) is 1. The Hall–Kier alpha value is -3.51. The predicted octanol–water partition coefficient (Wildman–Crippen LogP) is 4.94. The number of ether oxygens (including phenoxy) is 3. The van der Waals surface area contributed by atoms with E-state index in [9.17, 15) is 19.2 Å². The number of carbonyl (C=O) groups is 3. The molecule has 5 heterocycles. The number of rotatable bonds is 10. The van der Waals surface area contributed by atoms with Gasteiger partial charge in [0.05, 0.1) is 29.0 Å². The number of aromatic nitrogens is 2. The largest absolute Gasteiger partial charge is 0.464 e. The van der Waals surface area contributed by atoms with Crippen molar-refractivity contribution in [3.05, 3.63) is 69.3 Å². The molecule has 0 bridgehead atoms. The number of nitrogens with one attached hydrogen (secondary N) is 1. The summed E-state index contributed by atoms with van der Waals surface area (Å²) in [6.07, 6.45) is 4.04. The van der Waals surface area contributed by atoms with E-state index < -0.39 is 17.7 Å². The van der Waals surface area contributed by atoms with E-state index in [1.165, 1.54) is 12.2 Å². The third-order valence-electron chi connectivity index (χ3n) is 8.15. The summed E-state index contributed by atoms with van der Waals surface area (Å²) in [6.45, 7) is 1.48. The molecule has 2 unspecified atom stereocenters. The first-order valence-electron chi connectivity index (χ1n) is 14.6. The van der Waals surface area contributed by atoms with Crippen LogP contribution in [-0.2, 0) is 42.4 Å². The lowest BCUT2D eigenvalue weighted by Crippen LogP contribution is -2.49. The van der Waals surface area contributed by atoms with Crippen molar-refractivity contribution in [1.29, 1.82) is 0 Å². The normalized spacial score (nSPS) is 20.2. The van der Waals surface area contributed by atoms with E-state index >= 15 is 0 Å². The molecule has 0 radical (unpaired) electrons. The van der Waals surface area contributed by atoms with Crippen molar-refractivity contribution in [1.82, 2.24) is 14.9 Å². The monoisotopic (exact) mass is 623 g/mol. The van der Waals surface area contributed by atoms with Crippen LogP contribution >= 0.6 is 21.6 Å². The Balaban J connectivity index is 1.10. The van der Waals surface area contributed by atoms with Crippen LogP contribution in [0.3, 0.4) is 0 Å². The molecule has 10 nitrogen and oxygen atoms in total. The van der Waals surface area contributed by atoms with Crippen LogP contribution in [0.4, 0.5) is 4.79 Å². The molecule has 1 fully saturated rings. The summed E-state index contributed by atoms with van der Waals surface area (Å²) in [4.78, 5) is 56.6. The molecule has 1 N–H and O–H groups in total. The van der Waals surface area contributed by atoms with Crippen LogP contribution < -0.4 is 10.9 Å². The smallest absolute Gasteiger partial charge is 0.408 e. The zero-order chi connectivity index (χ0) is 30.0. The molecule has 12 heteroatoms. The second kappa shape index (κ2) is 12.6. The quantitative estimate of drug-likeness (QED) is 0.112. The predicted molar refractivity (Wildman–Crippen MR) is 164 cm³/mol. The lowest BCUT2D eigenvalue weighted by molar-refractivity contribution is -0.172. The van der Waals surface area contributed by atoms with Crippen molar-refractivity contribution < 1.29 is 28.6 Å². The standard InChI is InChI=1S/C31H33N3O7S2/c1-2-31(41-30(38)32-12-13-39-27(35)10-6-4-8-21-11-14-42-43-21)23-16-20-17-25-26(15-19-7-3-5-9-24(19)33-25)34(20)28(36)22(23)18-40-29(31)37/h3,5,7,9,15-16,21H,2,4,6,8,10-14,17-18H2,1H3,(H,32,38). The number of nitrogens with zero attached hydrogens (tertiary/aromatic N) is 2. The lowest BCUT2D eigenvalue weighted by Gasteiger charge is -2.35. The van der Waals surface area contributed by atoms with Gasteiger partial charge in [-0.2, -0.15) is 0 Å². The Labute approximate surface area is 256 Å². The molecular formula is C31H33N3O7S2. The summed E-state index contributed by atoms with van der Waals surface area (Å²) in [5, 5.41) is 4.15. The molecule has 1 saturated heterocycles. The molecule has 6 rings (SSSR count). The number of pyridine rings is 2. The Kier molecular flexibility index (Phi) is 8.67. The molecule has 226 valence electrons. The number of hydrogen-bond acceptors (Lipinski definition) is 10. The second-order valence-electron chi connectivity index (χ2n) is 10.9. The van der Waals surface area contributed by atoms with Gasteiger partial charge in [0.1, 0.15) is 13.2 Å². The molecule has 3 aliphatic rings. The van der Waals surface area contributed by atoms with Gasteiger partial charge < -0.3 is 19.5 Å². The van der Waals surface area contributed by atoms with Crippen molar-refractivity contribution in [2.24, 2.45) is 0 Å². The molecule has 3 aliphatic heterocycles. The van der Waals surface area contributed by atoms with Gasteiger partial charge in [0.2, 0.25) is 5.60 Å². The first-order valence-corrected chi connectivity index (χ1v) is 17.0. The van der Waals surface area contributed by atoms with Gasteiger partial charge in [0.15, 0.2) is 0 Å². The fraction of sp³-hybridized carbons (Fsp3) is 0.452. The van der Waals surface area contributed by atoms with Crippen LogP contribution in [0, 0.1) is 0 Å². The van der Waals surface area contributed by atoms with Crippen LogP contribution in [0.5, 0.6) is 0 Å². The highest BCUT2D eigenvalue weighted by molar-refractivity contribution is 8.77. The summed E-state index contributed by atoms with van der Waals surface area (Å²) in [7, 11) is 3.85. The van der Waals surface area contributed by atoms with Gasteiger partial charge in [0.25, 0.3) is 5.56 Å². The second-order valence-corrected chi connectivity index (χ2v) is 13.6. The first-order chi connectivity index (χ1) is 20.9. The molecule has 43 heavy (non-hydrogen) atoms. The van der Waals surface area contributed by atoms with E-state index in [0.717, 1.165) is 35.9 Å². The van der Waals surface area contributed by atoms with Gasteiger partial charge in [-0.3, -0.25) is 19.1 Å². The van der Waals surface area contributed by atoms with Crippen molar-refractivity contribution in [3.63, 3.8) is 0 Å². The maximum absolute atomic E-state index is 13.8. The minimum Gasteiger partial charge on any atom is -0.464 e. The van der Waals surface area contributed by atoms with Gasteiger partial charge in [-0.1, -0.05) is 53.1 Å². The minimum atomic E-state index is -1.79. The Morgan fingerprint density at radius 3 is 2.88 bits per heavy atom. The SMILES string of the molecule is CCC1(OC(=O)NCCOC(=O)CCCCC2CCSS2)C(=O)OCc2c1cc1n(c2=O)-c2cc3ccccc3nc2C1. The van der Waals surface area contributed by atoms with Gasteiger partial charge in [-0.15, -0.1) is 0 Å². The number of para-hydroxylation sites is 1. The Morgan fingerprint density at radius 1 is 1.21 bits per heavy atom. The van der Waals surface area contributed by atoms with E-state index in [1.807, 2.05) is 51.9 Å². The van der Waals surface area contributed by atoms with E-state index in [-0.39, 0.29) is 43.3 Å². The maximum Gasteiger partial charge on any atom is 0.408 e. The maximum atomic E-state index is 13.8. The lowest BCUT2D eigenvalue weighted by atomic mass is 9.85. The molecule has 0 saturated carbocycles. The van der Waals surface area contributed by atoms with E-state index in [2.05, 4.69) is 5.32 Å². The Morgan fingerprint density at radius 2 is 2.07 bits per heavy atom. The van der Waals surface area contributed by atoms with Gasteiger partial charge in [-0.05, 0) is 43.9 Å². The molecular weight excluding hydrogens is 590 g/mol. The number of alkyl carbamates (subject to hydrolysis) is 1. The Bertz CT molecular complexity index is 1640. The third-order valence-corrected chi connectivity index (χ3v) is 11.2. The van der Waals surface area contributed by atoms with Crippen molar-refractivity contribution in [2.75, 3.05) is 18.9 Å². The molecule has 2 atom stereocenters. The van der Waals surface area contributed by atoms with E-state index in [4.69, 9.17) is 19.2 Å². The van der Waals surface area contributed by atoms with E-state index in [1.54, 1.807) is 17.6 Å². The molecule has 3 aromatic rings. The zero-order valence-electron chi connectivity index (χ0n) is 23.9. The van der Waals surface area contributed by atoms with Crippen LogP contribution in [0.1, 0.15) is 68.0 Å². The minimum absolute atomic E-state index is 0.0162. The summed E-state index contributed by atoms with van der Waals surface area (Å²) in [5.74, 6) is 0.156. The highest BCUT2D eigenvalue weighted by Crippen LogP contribution is 2.40. The number of amides is 1. The number of benzene rings is 1. The number of esters is 2. The fourth-order valence-corrected chi connectivity index (χ4v) is 8.92. The van der Waals surface area contributed by atoms with Gasteiger partial charge >= 0.3 is 18.0 Å². The first kappa shape index (κ1) is 29.6. The molecule has 1 aromatic carbocycles. The highest BCUT2D eigenvalue weighted by Gasteiger charge is 2.50. The topological polar surface area (TPSA) is 126 Å². The van der Waals surface area contributed by atoms with Crippen LogP contribution in [0.2, 0.25) is 0 Å². The fourth-order valence-electron chi connectivity index (χ4n) is 5.89. The summed E-state index contributed by atoms with van der Waals surface area (Å²) in [5.41, 5.74) is 1.42. The zero-order valence-corrected chi connectivity index (χ0v) is 25.5.